The third-order valence-corrected chi connectivity index (χ3v) is 6.02. The first-order valence-electron chi connectivity index (χ1n) is 12.2. The van der Waals surface area contributed by atoms with Crippen LogP contribution in [0.4, 0.5) is 20.6 Å². The number of anilines is 2. The summed E-state index contributed by atoms with van der Waals surface area (Å²) in [6.07, 6.45) is -1.08. The van der Waals surface area contributed by atoms with Crippen molar-refractivity contribution in [1.29, 1.82) is 0 Å². The Morgan fingerprint density at radius 1 is 0.973 bits per heavy atom. The van der Waals surface area contributed by atoms with Crippen molar-refractivity contribution < 1.29 is 23.5 Å². The van der Waals surface area contributed by atoms with Crippen molar-refractivity contribution in [3.8, 4) is 0 Å². The number of carbonyl (C=O) groups is 3. The zero-order chi connectivity index (χ0) is 26.5. The van der Waals surface area contributed by atoms with Gasteiger partial charge in [-0.05, 0) is 60.4 Å². The molecule has 1 fully saturated rings. The average Bonchev–Trinajstić information content (AvgIpc) is 3.16. The molecule has 0 aromatic heterocycles. The minimum absolute atomic E-state index is 0.0871. The Bertz CT molecular complexity index is 1280. The normalized spacial score (nSPS) is 17.0. The highest BCUT2D eigenvalue weighted by Gasteiger charge is 2.47. The van der Waals surface area contributed by atoms with Crippen LogP contribution in [0.25, 0.3) is 0 Å². The molecule has 8 heteroatoms. The average molecular weight is 504 g/mol. The molecule has 3 aromatic rings. The Morgan fingerprint density at radius 3 is 2.27 bits per heavy atom. The summed E-state index contributed by atoms with van der Waals surface area (Å²) in [5, 5.41) is 5.63. The Hall–Kier alpha value is -4.20. The van der Waals surface area contributed by atoms with Crippen molar-refractivity contribution in [1.82, 2.24) is 4.90 Å². The topological polar surface area (TPSA) is 87.7 Å². The lowest BCUT2D eigenvalue weighted by Crippen LogP contribution is -2.43. The van der Waals surface area contributed by atoms with Crippen molar-refractivity contribution in [2.75, 3.05) is 10.6 Å². The van der Waals surface area contributed by atoms with Crippen LogP contribution >= 0.6 is 0 Å². The first-order valence-corrected chi connectivity index (χ1v) is 12.2. The molecule has 1 aliphatic rings. The third kappa shape index (κ3) is 6.52. The van der Waals surface area contributed by atoms with E-state index >= 15 is 0 Å². The van der Waals surface area contributed by atoms with Crippen LogP contribution in [0.3, 0.4) is 0 Å². The fourth-order valence-electron chi connectivity index (χ4n) is 4.31. The Kier molecular flexibility index (Phi) is 7.86. The first-order chi connectivity index (χ1) is 17.7. The standard InChI is InChI=1S/C29H30FN3O4/c1-18(2)15-25(34)31-23-11-7-21(8-12-23)27-26(28(35)32-24-13-9-22(30)10-14-24)33(29(36)37-27)17-20-6-4-5-19(3)16-20/h4-14,16,18,26-27H,15,17H2,1-3H3,(H,31,34)(H,32,35). The summed E-state index contributed by atoms with van der Waals surface area (Å²) in [5.74, 6) is -0.728. The van der Waals surface area contributed by atoms with Crippen molar-refractivity contribution in [3.63, 3.8) is 0 Å². The van der Waals surface area contributed by atoms with Gasteiger partial charge in [0.25, 0.3) is 5.91 Å². The number of rotatable bonds is 8. The summed E-state index contributed by atoms with van der Waals surface area (Å²) >= 11 is 0. The molecule has 1 aliphatic heterocycles. The molecule has 0 radical (unpaired) electrons. The number of amides is 3. The second kappa shape index (κ2) is 11.2. The summed E-state index contributed by atoms with van der Waals surface area (Å²) in [7, 11) is 0. The van der Waals surface area contributed by atoms with E-state index in [1.807, 2.05) is 45.0 Å². The van der Waals surface area contributed by atoms with E-state index in [4.69, 9.17) is 4.74 Å². The van der Waals surface area contributed by atoms with Crippen LogP contribution in [0.1, 0.15) is 43.1 Å². The highest BCUT2D eigenvalue weighted by molar-refractivity contribution is 5.98. The number of aryl methyl sites for hydroxylation is 1. The SMILES string of the molecule is Cc1cccc(CN2C(=O)OC(c3ccc(NC(=O)CC(C)C)cc3)C2C(=O)Nc2ccc(F)cc2)c1. The van der Waals surface area contributed by atoms with Crippen molar-refractivity contribution in [3.05, 3.63) is 95.3 Å². The highest BCUT2D eigenvalue weighted by Crippen LogP contribution is 2.35. The molecule has 7 nitrogen and oxygen atoms in total. The predicted molar refractivity (Wildman–Crippen MR) is 139 cm³/mol. The van der Waals surface area contributed by atoms with Crippen LogP contribution in [0.5, 0.6) is 0 Å². The zero-order valence-corrected chi connectivity index (χ0v) is 21.0. The van der Waals surface area contributed by atoms with E-state index in [0.29, 0.717) is 23.4 Å². The number of nitrogens with one attached hydrogen (secondary N) is 2. The molecule has 0 aliphatic carbocycles. The molecule has 192 valence electrons. The first kappa shape index (κ1) is 25.9. The maximum absolute atomic E-state index is 13.5. The van der Waals surface area contributed by atoms with Gasteiger partial charge in [-0.15, -0.1) is 0 Å². The Morgan fingerprint density at radius 2 is 1.62 bits per heavy atom. The smallest absolute Gasteiger partial charge is 0.411 e. The number of halogens is 1. The van der Waals surface area contributed by atoms with Gasteiger partial charge in [-0.1, -0.05) is 55.8 Å². The predicted octanol–water partition coefficient (Wildman–Crippen LogP) is 5.82. The van der Waals surface area contributed by atoms with E-state index in [9.17, 15) is 18.8 Å². The molecule has 3 amide bonds. The molecule has 2 atom stereocenters. The molecule has 1 saturated heterocycles. The third-order valence-electron chi connectivity index (χ3n) is 6.02. The molecule has 3 aromatic carbocycles. The van der Waals surface area contributed by atoms with Gasteiger partial charge in [0, 0.05) is 17.8 Å². The molecule has 2 unspecified atom stereocenters. The quantitative estimate of drug-likeness (QED) is 0.406. The Balaban J connectivity index is 1.60. The number of nitrogens with zero attached hydrogens (tertiary/aromatic N) is 1. The molecule has 2 N–H and O–H groups in total. The minimum atomic E-state index is -0.973. The van der Waals surface area contributed by atoms with Crippen LogP contribution in [-0.4, -0.2) is 28.8 Å². The number of hydrogen-bond acceptors (Lipinski definition) is 4. The Labute approximate surface area is 215 Å². The molecule has 37 heavy (non-hydrogen) atoms. The lowest BCUT2D eigenvalue weighted by atomic mass is 10.00. The van der Waals surface area contributed by atoms with Crippen molar-refractivity contribution >= 4 is 29.3 Å². The number of hydrogen-bond donors (Lipinski definition) is 2. The van der Waals surface area contributed by atoms with Gasteiger partial charge >= 0.3 is 6.09 Å². The lowest BCUT2D eigenvalue weighted by Gasteiger charge is -2.24. The molecule has 0 spiro atoms. The highest BCUT2D eigenvalue weighted by atomic mass is 19.1. The van der Waals surface area contributed by atoms with Gasteiger partial charge < -0.3 is 15.4 Å². The van der Waals surface area contributed by atoms with E-state index in [2.05, 4.69) is 10.6 Å². The molecule has 0 bridgehead atoms. The number of carbonyl (C=O) groups excluding carboxylic acids is 3. The minimum Gasteiger partial charge on any atom is -0.438 e. The fourth-order valence-corrected chi connectivity index (χ4v) is 4.31. The lowest BCUT2D eigenvalue weighted by molar-refractivity contribution is -0.121. The van der Waals surface area contributed by atoms with E-state index in [0.717, 1.165) is 11.1 Å². The van der Waals surface area contributed by atoms with Gasteiger partial charge in [0.1, 0.15) is 5.82 Å². The summed E-state index contributed by atoms with van der Waals surface area (Å²) in [4.78, 5) is 40.0. The van der Waals surface area contributed by atoms with Crippen molar-refractivity contribution in [2.45, 2.75) is 45.9 Å². The van der Waals surface area contributed by atoms with Gasteiger partial charge in [0.15, 0.2) is 12.1 Å². The van der Waals surface area contributed by atoms with Gasteiger partial charge in [-0.3, -0.25) is 14.5 Å². The second-order valence-corrected chi connectivity index (χ2v) is 9.63. The zero-order valence-electron chi connectivity index (χ0n) is 21.0. The summed E-state index contributed by atoms with van der Waals surface area (Å²) in [6, 6.07) is 19.0. The van der Waals surface area contributed by atoms with Gasteiger partial charge in [-0.2, -0.15) is 0 Å². The monoisotopic (exact) mass is 503 g/mol. The second-order valence-electron chi connectivity index (χ2n) is 9.63. The van der Waals surface area contributed by atoms with E-state index in [1.54, 1.807) is 24.3 Å². The fraction of sp³-hybridized carbons (Fsp3) is 0.276. The maximum Gasteiger partial charge on any atom is 0.411 e. The van der Waals surface area contributed by atoms with Crippen LogP contribution in [-0.2, 0) is 20.9 Å². The number of ether oxygens (including phenoxy) is 1. The molecule has 0 saturated carbocycles. The molecule has 4 rings (SSSR count). The summed E-state index contributed by atoms with van der Waals surface area (Å²) in [5.41, 5.74) is 3.52. The van der Waals surface area contributed by atoms with Gasteiger partial charge in [0.2, 0.25) is 5.91 Å². The van der Waals surface area contributed by atoms with E-state index in [1.165, 1.54) is 29.2 Å². The molecule has 1 heterocycles. The van der Waals surface area contributed by atoms with Crippen LogP contribution < -0.4 is 10.6 Å². The van der Waals surface area contributed by atoms with E-state index in [-0.39, 0.29) is 18.4 Å². The largest absolute Gasteiger partial charge is 0.438 e. The van der Waals surface area contributed by atoms with Gasteiger partial charge in [-0.25, -0.2) is 9.18 Å². The maximum atomic E-state index is 13.5. The molecular formula is C29H30FN3O4. The van der Waals surface area contributed by atoms with Crippen LogP contribution in [0.15, 0.2) is 72.8 Å². The summed E-state index contributed by atoms with van der Waals surface area (Å²) in [6.45, 7) is 6.07. The number of cyclic esters (lactones) is 1. The van der Waals surface area contributed by atoms with Crippen molar-refractivity contribution in [2.24, 2.45) is 5.92 Å². The summed E-state index contributed by atoms with van der Waals surface area (Å²) < 4.78 is 19.1. The molecular weight excluding hydrogens is 473 g/mol. The number of benzene rings is 3. The van der Waals surface area contributed by atoms with E-state index < -0.39 is 30.0 Å². The van der Waals surface area contributed by atoms with Crippen LogP contribution in [0, 0.1) is 18.7 Å². The van der Waals surface area contributed by atoms with Gasteiger partial charge in [0.05, 0.1) is 6.54 Å². The van der Waals surface area contributed by atoms with Crippen LogP contribution in [0.2, 0.25) is 0 Å².